The number of amides is 1. The van der Waals surface area contributed by atoms with Crippen molar-refractivity contribution in [3.63, 3.8) is 0 Å². The van der Waals surface area contributed by atoms with Crippen molar-refractivity contribution in [3.8, 4) is 0 Å². The summed E-state index contributed by atoms with van der Waals surface area (Å²) in [6, 6.07) is 0.491. The first kappa shape index (κ1) is 15.9. The van der Waals surface area contributed by atoms with Crippen LogP contribution in [0.15, 0.2) is 0 Å². The van der Waals surface area contributed by atoms with E-state index in [-0.39, 0.29) is 5.91 Å². The Balaban J connectivity index is 2.17. The van der Waals surface area contributed by atoms with E-state index in [1.165, 1.54) is 0 Å². The highest BCUT2D eigenvalue weighted by molar-refractivity contribution is 5.82. The van der Waals surface area contributed by atoms with Crippen LogP contribution in [-0.4, -0.2) is 60.3 Å². The fourth-order valence-corrected chi connectivity index (χ4v) is 1.92. The summed E-state index contributed by atoms with van der Waals surface area (Å²) in [7, 11) is 2.05. The Kier molecular flexibility index (Phi) is 6.24. The molecule has 0 bridgehead atoms. The van der Waals surface area contributed by atoms with E-state index in [1.807, 2.05) is 7.05 Å². The van der Waals surface area contributed by atoms with Gasteiger partial charge in [-0.1, -0.05) is 0 Å². The van der Waals surface area contributed by atoms with Gasteiger partial charge in [0.1, 0.15) is 6.10 Å². The van der Waals surface area contributed by atoms with Gasteiger partial charge in [-0.3, -0.25) is 4.79 Å². The largest absolute Gasteiger partial charge is 0.479 e. The predicted molar refractivity (Wildman–Crippen MR) is 70.9 cm³/mol. The first-order chi connectivity index (χ1) is 8.91. The first-order valence-corrected chi connectivity index (χ1v) is 6.78. The molecule has 0 aliphatic carbocycles. The van der Waals surface area contributed by atoms with Gasteiger partial charge in [-0.15, -0.1) is 0 Å². The topological polar surface area (TPSA) is 78.9 Å². The molecule has 1 aliphatic heterocycles. The molecule has 2 N–H and O–H groups in total. The Bertz CT molecular complexity index is 320. The standard InChI is InChI=1S/C13H24N2O4/c1-9(2)15(3)8-4-7-14-12(16)10-5-6-11(19-10)13(17)18/h9-11H,4-8H2,1-3H3,(H,14,16)(H,17,18)/t10-,11+/m0/s1. The van der Waals surface area contributed by atoms with Gasteiger partial charge >= 0.3 is 5.97 Å². The number of nitrogens with zero attached hydrogens (tertiary/aromatic N) is 1. The van der Waals surface area contributed by atoms with Gasteiger partial charge in [-0.2, -0.15) is 0 Å². The van der Waals surface area contributed by atoms with E-state index >= 15 is 0 Å². The Morgan fingerprint density at radius 3 is 2.53 bits per heavy atom. The van der Waals surface area contributed by atoms with Crippen LogP contribution in [0.2, 0.25) is 0 Å². The van der Waals surface area contributed by atoms with Gasteiger partial charge in [-0.05, 0) is 46.7 Å². The fraction of sp³-hybridized carbons (Fsp3) is 0.846. The Hall–Kier alpha value is -1.14. The minimum Gasteiger partial charge on any atom is -0.479 e. The number of carbonyl (C=O) groups excluding carboxylic acids is 1. The van der Waals surface area contributed by atoms with Crippen LogP contribution < -0.4 is 5.32 Å². The second-order valence-corrected chi connectivity index (χ2v) is 5.25. The molecule has 0 spiro atoms. The molecule has 1 aliphatic rings. The van der Waals surface area contributed by atoms with E-state index in [1.54, 1.807) is 0 Å². The monoisotopic (exact) mass is 272 g/mol. The minimum absolute atomic E-state index is 0.198. The van der Waals surface area contributed by atoms with Crippen molar-refractivity contribution in [1.29, 1.82) is 0 Å². The average Bonchev–Trinajstić information content (AvgIpc) is 2.83. The summed E-state index contributed by atoms with van der Waals surface area (Å²) < 4.78 is 5.18. The molecule has 1 amide bonds. The number of aliphatic carboxylic acids is 1. The van der Waals surface area contributed by atoms with E-state index in [0.29, 0.717) is 25.4 Å². The molecule has 19 heavy (non-hydrogen) atoms. The van der Waals surface area contributed by atoms with Gasteiger partial charge < -0.3 is 20.1 Å². The van der Waals surface area contributed by atoms with Gasteiger partial charge in [0.15, 0.2) is 6.10 Å². The van der Waals surface area contributed by atoms with Crippen LogP contribution >= 0.6 is 0 Å². The molecule has 1 heterocycles. The normalized spacial score (nSPS) is 23.0. The van der Waals surface area contributed by atoms with E-state index < -0.39 is 18.2 Å². The number of nitrogens with one attached hydrogen (secondary N) is 1. The molecule has 0 aromatic heterocycles. The molecule has 1 saturated heterocycles. The van der Waals surface area contributed by atoms with Crippen molar-refractivity contribution >= 4 is 11.9 Å². The van der Waals surface area contributed by atoms with Crippen molar-refractivity contribution in [2.45, 2.75) is 51.4 Å². The maximum atomic E-state index is 11.7. The van der Waals surface area contributed by atoms with Crippen molar-refractivity contribution in [2.75, 3.05) is 20.1 Å². The van der Waals surface area contributed by atoms with E-state index in [9.17, 15) is 9.59 Å². The third kappa shape index (κ3) is 5.16. The second kappa shape index (κ2) is 7.45. The number of carboxylic acids is 1. The smallest absolute Gasteiger partial charge is 0.332 e. The van der Waals surface area contributed by atoms with Gasteiger partial charge in [0.05, 0.1) is 0 Å². The maximum Gasteiger partial charge on any atom is 0.332 e. The molecule has 110 valence electrons. The molecule has 1 rings (SSSR count). The Labute approximate surface area is 114 Å². The number of hydrogen-bond donors (Lipinski definition) is 2. The molecule has 0 saturated carbocycles. The quantitative estimate of drug-likeness (QED) is 0.658. The molecule has 6 nitrogen and oxygen atoms in total. The van der Waals surface area contributed by atoms with E-state index in [2.05, 4.69) is 24.1 Å². The summed E-state index contributed by atoms with van der Waals surface area (Å²) in [6.07, 6.45) is 0.319. The molecule has 0 aromatic carbocycles. The van der Waals surface area contributed by atoms with Crippen LogP contribution in [-0.2, 0) is 14.3 Å². The molecular formula is C13H24N2O4. The van der Waals surface area contributed by atoms with E-state index in [0.717, 1.165) is 13.0 Å². The zero-order valence-electron chi connectivity index (χ0n) is 11.9. The van der Waals surface area contributed by atoms with Crippen molar-refractivity contribution in [1.82, 2.24) is 10.2 Å². The molecule has 2 atom stereocenters. The SMILES string of the molecule is CC(C)N(C)CCCNC(=O)[C@@H]1CC[C@H](C(=O)O)O1. The van der Waals surface area contributed by atoms with Crippen LogP contribution in [0, 0.1) is 0 Å². The fourth-order valence-electron chi connectivity index (χ4n) is 1.92. The summed E-state index contributed by atoms with van der Waals surface area (Å²) in [5, 5.41) is 11.6. The summed E-state index contributed by atoms with van der Waals surface area (Å²) in [5.74, 6) is -1.19. The summed E-state index contributed by atoms with van der Waals surface area (Å²) >= 11 is 0. The lowest BCUT2D eigenvalue weighted by Crippen LogP contribution is -2.37. The first-order valence-electron chi connectivity index (χ1n) is 6.78. The average molecular weight is 272 g/mol. The van der Waals surface area contributed by atoms with Crippen LogP contribution in [0.5, 0.6) is 0 Å². The zero-order valence-corrected chi connectivity index (χ0v) is 11.9. The number of rotatable bonds is 7. The summed E-state index contributed by atoms with van der Waals surface area (Å²) in [6.45, 7) is 5.75. The molecule has 0 unspecified atom stereocenters. The van der Waals surface area contributed by atoms with Crippen molar-refractivity contribution in [3.05, 3.63) is 0 Å². The summed E-state index contributed by atoms with van der Waals surface area (Å²) in [4.78, 5) is 24.7. The molecule has 0 radical (unpaired) electrons. The number of ether oxygens (including phenoxy) is 1. The minimum atomic E-state index is -0.992. The number of carboxylic acid groups (broad SMARTS) is 1. The molecule has 0 aromatic rings. The lowest BCUT2D eigenvalue weighted by atomic mass is 10.2. The van der Waals surface area contributed by atoms with Gasteiger partial charge in [0, 0.05) is 12.6 Å². The second-order valence-electron chi connectivity index (χ2n) is 5.25. The molecule has 1 fully saturated rings. The van der Waals surface area contributed by atoms with Crippen molar-refractivity contribution < 1.29 is 19.4 Å². The van der Waals surface area contributed by atoms with Crippen LogP contribution in [0.4, 0.5) is 0 Å². The summed E-state index contributed by atoms with van der Waals surface area (Å²) in [5.41, 5.74) is 0. The highest BCUT2D eigenvalue weighted by atomic mass is 16.5. The highest BCUT2D eigenvalue weighted by Gasteiger charge is 2.34. The Morgan fingerprint density at radius 1 is 1.37 bits per heavy atom. The Morgan fingerprint density at radius 2 is 2.00 bits per heavy atom. The van der Waals surface area contributed by atoms with Crippen molar-refractivity contribution in [2.24, 2.45) is 0 Å². The van der Waals surface area contributed by atoms with Crippen LogP contribution in [0.1, 0.15) is 33.1 Å². The van der Waals surface area contributed by atoms with Gasteiger partial charge in [0.25, 0.3) is 0 Å². The highest BCUT2D eigenvalue weighted by Crippen LogP contribution is 2.19. The lowest BCUT2D eigenvalue weighted by Gasteiger charge is -2.21. The predicted octanol–water partition coefficient (Wildman–Crippen LogP) is 0.465. The molecule has 6 heteroatoms. The third-order valence-electron chi connectivity index (χ3n) is 3.46. The number of hydrogen-bond acceptors (Lipinski definition) is 4. The third-order valence-corrected chi connectivity index (χ3v) is 3.46. The van der Waals surface area contributed by atoms with E-state index in [4.69, 9.17) is 9.84 Å². The molecular weight excluding hydrogens is 248 g/mol. The lowest BCUT2D eigenvalue weighted by molar-refractivity contribution is -0.151. The van der Waals surface area contributed by atoms with Gasteiger partial charge in [-0.25, -0.2) is 4.79 Å². The van der Waals surface area contributed by atoms with Crippen LogP contribution in [0.3, 0.4) is 0 Å². The van der Waals surface area contributed by atoms with Gasteiger partial charge in [0.2, 0.25) is 5.91 Å². The maximum absolute atomic E-state index is 11.7. The zero-order chi connectivity index (χ0) is 14.4. The number of carbonyl (C=O) groups is 2. The van der Waals surface area contributed by atoms with Crippen LogP contribution in [0.25, 0.3) is 0 Å².